The van der Waals surface area contributed by atoms with Gasteiger partial charge in [-0.2, -0.15) is 11.3 Å². The molecule has 2 amide bonds. The molecule has 0 radical (unpaired) electrons. The summed E-state index contributed by atoms with van der Waals surface area (Å²) in [6.07, 6.45) is 0. The largest absolute Gasteiger partial charge is 0.345 e. The van der Waals surface area contributed by atoms with Crippen molar-refractivity contribution < 1.29 is 9.59 Å². The zero-order valence-electron chi connectivity index (χ0n) is 15.9. The third-order valence-electron chi connectivity index (χ3n) is 4.66. The summed E-state index contributed by atoms with van der Waals surface area (Å²) in [4.78, 5) is 29.8. The number of benzene rings is 2. The van der Waals surface area contributed by atoms with Crippen molar-refractivity contribution in [2.45, 2.75) is 20.0 Å². The van der Waals surface area contributed by atoms with Crippen molar-refractivity contribution in [2.24, 2.45) is 0 Å². The summed E-state index contributed by atoms with van der Waals surface area (Å²) < 4.78 is 2.08. The summed E-state index contributed by atoms with van der Waals surface area (Å²) in [5, 5.41) is 9.36. The van der Waals surface area contributed by atoms with E-state index in [1.54, 1.807) is 35.7 Å². The average Bonchev–Trinajstić information content (AvgIpc) is 3.40. The van der Waals surface area contributed by atoms with Crippen molar-refractivity contribution in [1.29, 1.82) is 0 Å². The predicted octanol–water partition coefficient (Wildman–Crippen LogP) is 4.30. The van der Waals surface area contributed by atoms with Gasteiger partial charge < -0.3 is 15.2 Å². The van der Waals surface area contributed by atoms with Gasteiger partial charge in [-0.25, -0.2) is 4.98 Å². The Kier molecular flexibility index (Phi) is 5.39. The van der Waals surface area contributed by atoms with E-state index in [0.29, 0.717) is 23.4 Å². The topological polar surface area (TPSA) is 76.0 Å². The molecule has 4 aromatic rings. The molecule has 0 atom stereocenters. The van der Waals surface area contributed by atoms with Crippen LogP contribution in [0.1, 0.15) is 33.5 Å². The fourth-order valence-electron chi connectivity index (χ4n) is 3.25. The van der Waals surface area contributed by atoms with Crippen LogP contribution in [-0.4, -0.2) is 21.4 Å². The van der Waals surface area contributed by atoms with Gasteiger partial charge in [0.05, 0.1) is 34.4 Å². The highest BCUT2D eigenvalue weighted by Crippen LogP contribution is 2.19. The lowest BCUT2D eigenvalue weighted by molar-refractivity contribution is 0.0950. The minimum Gasteiger partial charge on any atom is -0.345 e. The lowest BCUT2D eigenvalue weighted by atomic mass is 10.1. The maximum Gasteiger partial charge on any atom is 0.256 e. The van der Waals surface area contributed by atoms with Crippen molar-refractivity contribution in [1.82, 2.24) is 14.9 Å². The van der Waals surface area contributed by atoms with Crippen LogP contribution >= 0.6 is 11.3 Å². The fraction of sp³-hybridized carbons (Fsp3) is 0.136. The molecule has 4 rings (SSSR count). The maximum atomic E-state index is 12.8. The first kappa shape index (κ1) is 18.9. The molecule has 2 heterocycles. The van der Waals surface area contributed by atoms with E-state index >= 15 is 0 Å². The summed E-state index contributed by atoms with van der Waals surface area (Å²) in [5.41, 5.74) is 3.41. The number of thiophene rings is 1. The van der Waals surface area contributed by atoms with E-state index in [1.165, 1.54) is 11.3 Å². The van der Waals surface area contributed by atoms with Gasteiger partial charge in [0.2, 0.25) is 0 Å². The molecule has 0 unspecified atom stereocenters. The molecule has 0 spiro atoms. The van der Waals surface area contributed by atoms with E-state index in [-0.39, 0.29) is 11.8 Å². The zero-order valence-corrected chi connectivity index (χ0v) is 16.7. The number of aryl methyl sites for hydroxylation is 1. The number of hydrogen-bond donors (Lipinski definition) is 2. The van der Waals surface area contributed by atoms with Gasteiger partial charge in [-0.3, -0.25) is 9.59 Å². The Morgan fingerprint density at radius 2 is 1.83 bits per heavy atom. The van der Waals surface area contributed by atoms with Crippen LogP contribution in [0, 0.1) is 0 Å². The van der Waals surface area contributed by atoms with Crippen molar-refractivity contribution in [3.8, 4) is 0 Å². The van der Waals surface area contributed by atoms with E-state index in [4.69, 9.17) is 0 Å². The molecule has 2 aromatic heterocycles. The standard InChI is InChI=1S/C22H20N4O2S/c1-2-26-19-10-6-5-9-18(19)24-20(26)13-23-22(28)16-7-3-4-8-17(16)25-21(27)15-11-12-29-14-15/h3-12,14H,2,13H2,1H3,(H,23,28)(H,25,27). The van der Waals surface area contributed by atoms with Crippen LogP contribution < -0.4 is 10.6 Å². The number of rotatable bonds is 6. The first-order valence-electron chi connectivity index (χ1n) is 9.32. The van der Waals surface area contributed by atoms with E-state index in [9.17, 15) is 9.59 Å². The molecule has 2 N–H and O–H groups in total. The first-order valence-corrected chi connectivity index (χ1v) is 10.3. The Hall–Kier alpha value is -3.45. The number of nitrogens with zero attached hydrogens (tertiary/aromatic N) is 2. The van der Waals surface area contributed by atoms with Gasteiger partial charge in [0.25, 0.3) is 11.8 Å². The van der Waals surface area contributed by atoms with Crippen molar-refractivity contribution >= 4 is 39.9 Å². The number of anilines is 1. The molecule has 0 bridgehead atoms. The molecule has 7 heteroatoms. The third kappa shape index (κ3) is 3.90. The van der Waals surface area contributed by atoms with Crippen LogP contribution in [0.15, 0.2) is 65.4 Å². The quantitative estimate of drug-likeness (QED) is 0.503. The summed E-state index contributed by atoms with van der Waals surface area (Å²) in [6, 6.07) is 16.6. The highest BCUT2D eigenvalue weighted by Gasteiger charge is 2.16. The molecule has 2 aromatic carbocycles. The van der Waals surface area contributed by atoms with Crippen LogP contribution in [0.5, 0.6) is 0 Å². The Morgan fingerprint density at radius 3 is 2.62 bits per heavy atom. The van der Waals surface area contributed by atoms with Gasteiger partial charge >= 0.3 is 0 Å². The second kappa shape index (κ2) is 8.28. The normalized spacial score (nSPS) is 10.8. The lowest BCUT2D eigenvalue weighted by Gasteiger charge is -2.12. The molecule has 0 aliphatic carbocycles. The zero-order chi connectivity index (χ0) is 20.2. The SMILES string of the molecule is CCn1c(CNC(=O)c2ccccc2NC(=O)c2ccsc2)nc2ccccc21. The van der Waals surface area contributed by atoms with Crippen LogP contribution in [-0.2, 0) is 13.1 Å². The van der Waals surface area contributed by atoms with Gasteiger partial charge in [0, 0.05) is 11.9 Å². The molecule has 6 nitrogen and oxygen atoms in total. The average molecular weight is 404 g/mol. The van der Waals surface area contributed by atoms with E-state index < -0.39 is 0 Å². The number of aromatic nitrogens is 2. The summed E-state index contributed by atoms with van der Waals surface area (Å²) in [6.45, 7) is 3.11. The molecular formula is C22H20N4O2S. The van der Waals surface area contributed by atoms with E-state index in [0.717, 1.165) is 23.4 Å². The maximum absolute atomic E-state index is 12.8. The third-order valence-corrected chi connectivity index (χ3v) is 5.34. The molecule has 0 saturated heterocycles. The highest BCUT2D eigenvalue weighted by atomic mass is 32.1. The molecule has 146 valence electrons. The second-order valence-electron chi connectivity index (χ2n) is 6.46. The summed E-state index contributed by atoms with van der Waals surface area (Å²) >= 11 is 1.45. The van der Waals surface area contributed by atoms with E-state index in [1.807, 2.05) is 29.6 Å². The Morgan fingerprint density at radius 1 is 1.03 bits per heavy atom. The Bertz CT molecular complexity index is 1160. The lowest BCUT2D eigenvalue weighted by Crippen LogP contribution is -2.26. The number of hydrogen-bond acceptors (Lipinski definition) is 4. The summed E-state index contributed by atoms with van der Waals surface area (Å²) in [7, 11) is 0. The van der Waals surface area contributed by atoms with Crippen LogP contribution in [0.3, 0.4) is 0 Å². The van der Waals surface area contributed by atoms with Gasteiger partial charge in [-0.05, 0) is 42.6 Å². The first-order chi connectivity index (χ1) is 14.2. The number of carbonyl (C=O) groups excluding carboxylic acids is 2. The van der Waals surface area contributed by atoms with Crippen LogP contribution in [0.25, 0.3) is 11.0 Å². The Balaban J connectivity index is 1.52. The molecular weight excluding hydrogens is 384 g/mol. The summed E-state index contributed by atoms with van der Waals surface area (Å²) in [5.74, 6) is 0.294. The number of amides is 2. The van der Waals surface area contributed by atoms with Crippen LogP contribution in [0.4, 0.5) is 5.69 Å². The van der Waals surface area contributed by atoms with Crippen molar-refractivity contribution in [3.63, 3.8) is 0 Å². The van der Waals surface area contributed by atoms with Crippen molar-refractivity contribution in [2.75, 3.05) is 5.32 Å². The molecule has 0 aliphatic rings. The van der Waals surface area contributed by atoms with Crippen molar-refractivity contribution in [3.05, 3.63) is 82.3 Å². The molecule has 0 aliphatic heterocycles. The molecule has 0 fully saturated rings. The predicted molar refractivity (Wildman–Crippen MR) is 115 cm³/mol. The number of para-hydroxylation sites is 3. The number of nitrogens with one attached hydrogen (secondary N) is 2. The number of imidazole rings is 1. The second-order valence-corrected chi connectivity index (χ2v) is 7.24. The van der Waals surface area contributed by atoms with Gasteiger partial charge in [-0.1, -0.05) is 24.3 Å². The molecule has 29 heavy (non-hydrogen) atoms. The van der Waals surface area contributed by atoms with Crippen LogP contribution in [0.2, 0.25) is 0 Å². The monoisotopic (exact) mass is 404 g/mol. The minimum absolute atomic E-state index is 0.237. The number of carbonyl (C=O) groups is 2. The smallest absolute Gasteiger partial charge is 0.256 e. The highest BCUT2D eigenvalue weighted by molar-refractivity contribution is 7.08. The van der Waals surface area contributed by atoms with Gasteiger partial charge in [0.15, 0.2) is 0 Å². The van der Waals surface area contributed by atoms with Gasteiger partial charge in [-0.15, -0.1) is 0 Å². The van der Waals surface area contributed by atoms with E-state index in [2.05, 4.69) is 27.1 Å². The molecule has 0 saturated carbocycles. The Labute approximate surface area is 172 Å². The van der Waals surface area contributed by atoms with Gasteiger partial charge in [0.1, 0.15) is 5.82 Å². The fourth-order valence-corrected chi connectivity index (χ4v) is 3.88. The minimum atomic E-state index is -0.263. The number of fused-ring (bicyclic) bond motifs is 1.